The van der Waals surface area contributed by atoms with Gasteiger partial charge in [-0.1, -0.05) is 11.6 Å². The molecule has 1 aromatic rings. The number of amides is 1. The highest BCUT2D eigenvalue weighted by molar-refractivity contribution is 6.31. The summed E-state index contributed by atoms with van der Waals surface area (Å²) in [5.74, 6) is -0.415. The van der Waals surface area contributed by atoms with Crippen molar-refractivity contribution in [2.45, 2.75) is 6.92 Å². The molecular formula is C9H7ClN2O. The number of halogens is 1. The number of nitrogens with one attached hydrogen (secondary N) is 1. The molecule has 0 aromatic heterocycles. The van der Waals surface area contributed by atoms with Crippen molar-refractivity contribution in [3.05, 3.63) is 34.3 Å². The van der Waals surface area contributed by atoms with E-state index in [0.29, 0.717) is 10.6 Å². The maximum Gasteiger partial charge on any atom is 0.264 e. The van der Waals surface area contributed by atoms with Crippen molar-refractivity contribution in [1.82, 2.24) is 5.32 Å². The fourth-order valence-electron chi connectivity index (χ4n) is 0.909. The first-order valence-corrected chi connectivity index (χ1v) is 3.98. The van der Waals surface area contributed by atoms with Crippen molar-refractivity contribution < 1.29 is 4.79 Å². The van der Waals surface area contributed by atoms with E-state index in [2.05, 4.69) is 0 Å². The predicted octanol–water partition coefficient (Wildman–Crippen LogP) is 1.86. The maximum atomic E-state index is 11.1. The fourth-order valence-corrected chi connectivity index (χ4v) is 1.03. The molecule has 1 aromatic carbocycles. The van der Waals surface area contributed by atoms with Crippen LogP contribution in [0.15, 0.2) is 18.2 Å². The lowest BCUT2D eigenvalue weighted by Crippen LogP contribution is -2.17. The van der Waals surface area contributed by atoms with Gasteiger partial charge in [0.2, 0.25) is 0 Å². The lowest BCUT2D eigenvalue weighted by Gasteiger charge is -2.00. The van der Waals surface area contributed by atoms with E-state index >= 15 is 0 Å². The van der Waals surface area contributed by atoms with Gasteiger partial charge in [0.05, 0.1) is 0 Å². The van der Waals surface area contributed by atoms with Gasteiger partial charge in [0, 0.05) is 10.6 Å². The zero-order valence-electron chi connectivity index (χ0n) is 6.97. The number of hydrogen-bond donors (Lipinski definition) is 1. The molecule has 0 saturated carbocycles. The summed E-state index contributed by atoms with van der Waals surface area (Å²) in [4.78, 5) is 11.1. The van der Waals surface area contributed by atoms with Crippen LogP contribution in [0.3, 0.4) is 0 Å². The molecule has 0 unspecified atom stereocenters. The Morgan fingerprint density at radius 3 is 2.85 bits per heavy atom. The summed E-state index contributed by atoms with van der Waals surface area (Å²) in [6, 6.07) is 4.83. The number of carbonyl (C=O) groups excluding carboxylic acids is 1. The number of benzene rings is 1. The molecule has 0 spiro atoms. The smallest absolute Gasteiger partial charge is 0.264 e. The molecule has 4 heteroatoms. The average Bonchev–Trinajstić information content (AvgIpc) is 2.10. The third-order valence-corrected chi connectivity index (χ3v) is 2.01. The number of hydrogen-bond acceptors (Lipinski definition) is 2. The van der Waals surface area contributed by atoms with Crippen molar-refractivity contribution in [3.63, 3.8) is 0 Å². The van der Waals surface area contributed by atoms with Gasteiger partial charge < -0.3 is 0 Å². The van der Waals surface area contributed by atoms with Gasteiger partial charge in [-0.25, -0.2) is 0 Å². The van der Waals surface area contributed by atoms with E-state index in [1.807, 2.05) is 5.32 Å². The lowest BCUT2D eigenvalue weighted by atomic mass is 10.1. The molecule has 66 valence electrons. The molecule has 13 heavy (non-hydrogen) atoms. The van der Waals surface area contributed by atoms with Gasteiger partial charge in [0.1, 0.15) is 0 Å². The first-order chi connectivity index (χ1) is 6.15. The second-order valence-corrected chi connectivity index (χ2v) is 2.94. The van der Waals surface area contributed by atoms with Crippen LogP contribution in [0.5, 0.6) is 0 Å². The SMILES string of the molecule is Cc1cc(C(=O)NC#N)ccc1Cl. The van der Waals surface area contributed by atoms with E-state index < -0.39 is 5.91 Å². The Hall–Kier alpha value is -1.53. The van der Waals surface area contributed by atoms with Crippen LogP contribution in [0.4, 0.5) is 0 Å². The largest absolute Gasteiger partial charge is 0.268 e. The van der Waals surface area contributed by atoms with Gasteiger partial charge in [-0.3, -0.25) is 10.1 Å². The molecule has 0 bridgehead atoms. The van der Waals surface area contributed by atoms with Gasteiger partial charge in [-0.2, -0.15) is 5.26 Å². The highest BCUT2D eigenvalue weighted by atomic mass is 35.5. The minimum absolute atomic E-state index is 0.415. The first kappa shape index (κ1) is 9.56. The van der Waals surface area contributed by atoms with E-state index in [9.17, 15) is 4.79 Å². The second kappa shape index (κ2) is 3.92. The van der Waals surface area contributed by atoms with Gasteiger partial charge in [-0.05, 0) is 30.7 Å². The van der Waals surface area contributed by atoms with Crippen molar-refractivity contribution in [2.24, 2.45) is 0 Å². The molecular weight excluding hydrogens is 188 g/mol. The lowest BCUT2D eigenvalue weighted by molar-refractivity contribution is 0.0973. The summed E-state index contributed by atoms with van der Waals surface area (Å²) in [5, 5.41) is 10.9. The normalized spacial score (nSPS) is 9.00. The topological polar surface area (TPSA) is 52.9 Å². The quantitative estimate of drug-likeness (QED) is 0.548. The second-order valence-electron chi connectivity index (χ2n) is 2.53. The van der Waals surface area contributed by atoms with E-state index in [0.717, 1.165) is 5.56 Å². The first-order valence-electron chi connectivity index (χ1n) is 3.60. The minimum atomic E-state index is -0.415. The number of carbonyl (C=O) groups is 1. The maximum absolute atomic E-state index is 11.1. The summed E-state index contributed by atoms with van der Waals surface area (Å²) in [6.45, 7) is 1.80. The third kappa shape index (κ3) is 2.20. The molecule has 0 aliphatic carbocycles. The standard InChI is InChI=1S/C9H7ClN2O/c1-6-4-7(2-3-8(6)10)9(13)12-5-11/h2-4H,1H3,(H,12,13). The summed E-state index contributed by atoms with van der Waals surface area (Å²) in [6.07, 6.45) is 1.57. The van der Waals surface area contributed by atoms with Crippen LogP contribution in [0.25, 0.3) is 0 Å². The molecule has 1 amide bonds. The van der Waals surface area contributed by atoms with Gasteiger partial charge in [0.15, 0.2) is 6.19 Å². The molecule has 0 fully saturated rings. The van der Waals surface area contributed by atoms with Crippen molar-refractivity contribution in [3.8, 4) is 6.19 Å². The average molecular weight is 195 g/mol. The molecule has 0 radical (unpaired) electrons. The Labute approximate surface area is 80.9 Å². The number of aryl methyl sites for hydroxylation is 1. The molecule has 1 N–H and O–H groups in total. The van der Waals surface area contributed by atoms with Crippen molar-refractivity contribution in [1.29, 1.82) is 5.26 Å². The molecule has 0 aliphatic heterocycles. The van der Waals surface area contributed by atoms with E-state index in [4.69, 9.17) is 16.9 Å². The summed E-state index contributed by atoms with van der Waals surface area (Å²) >= 11 is 5.77. The molecule has 0 heterocycles. The molecule has 1 rings (SSSR count). The van der Waals surface area contributed by atoms with E-state index in [1.54, 1.807) is 31.3 Å². The third-order valence-electron chi connectivity index (χ3n) is 1.59. The van der Waals surface area contributed by atoms with Crippen LogP contribution < -0.4 is 5.32 Å². The number of nitrogens with zero attached hydrogens (tertiary/aromatic N) is 1. The van der Waals surface area contributed by atoms with E-state index in [-0.39, 0.29) is 0 Å². The van der Waals surface area contributed by atoms with Crippen LogP contribution in [0, 0.1) is 18.4 Å². The van der Waals surface area contributed by atoms with Crippen LogP contribution in [0.2, 0.25) is 5.02 Å². The van der Waals surface area contributed by atoms with Crippen LogP contribution in [-0.2, 0) is 0 Å². The Kier molecular flexibility index (Phi) is 2.88. The number of rotatable bonds is 1. The van der Waals surface area contributed by atoms with Gasteiger partial charge >= 0.3 is 0 Å². The predicted molar refractivity (Wildman–Crippen MR) is 49.3 cm³/mol. The van der Waals surface area contributed by atoms with Crippen LogP contribution >= 0.6 is 11.6 Å². The van der Waals surface area contributed by atoms with Gasteiger partial charge in [-0.15, -0.1) is 0 Å². The molecule has 0 aliphatic rings. The minimum Gasteiger partial charge on any atom is -0.268 e. The fraction of sp³-hybridized carbons (Fsp3) is 0.111. The summed E-state index contributed by atoms with van der Waals surface area (Å²) < 4.78 is 0. The zero-order valence-corrected chi connectivity index (χ0v) is 7.72. The Morgan fingerprint density at radius 1 is 1.62 bits per heavy atom. The van der Waals surface area contributed by atoms with Crippen LogP contribution in [-0.4, -0.2) is 5.91 Å². The van der Waals surface area contributed by atoms with Crippen molar-refractivity contribution >= 4 is 17.5 Å². The highest BCUT2D eigenvalue weighted by Gasteiger charge is 2.05. The van der Waals surface area contributed by atoms with Gasteiger partial charge in [0.25, 0.3) is 5.91 Å². The number of nitriles is 1. The van der Waals surface area contributed by atoms with E-state index in [1.165, 1.54) is 0 Å². The van der Waals surface area contributed by atoms with Crippen LogP contribution in [0.1, 0.15) is 15.9 Å². The van der Waals surface area contributed by atoms with Crippen molar-refractivity contribution in [2.75, 3.05) is 0 Å². The Bertz CT molecular complexity index is 382. The Morgan fingerprint density at radius 2 is 2.31 bits per heavy atom. The molecule has 3 nitrogen and oxygen atoms in total. The summed E-state index contributed by atoms with van der Waals surface area (Å²) in [5.41, 5.74) is 1.25. The highest BCUT2D eigenvalue weighted by Crippen LogP contribution is 2.15. The molecule has 0 saturated heterocycles. The molecule has 0 atom stereocenters. The summed E-state index contributed by atoms with van der Waals surface area (Å²) in [7, 11) is 0. The monoisotopic (exact) mass is 194 g/mol. The Balaban J connectivity index is 2.98. The zero-order chi connectivity index (χ0) is 9.84.